The molecule has 3 aromatic rings. The zero-order valence-electron chi connectivity index (χ0n) is 27.3. The maximum Gasteiger partial charge on any atom is 0.412 e. The van der Waals surface area contributed by atoms with Gasteiger partial charge in [-0.05, 0) is 65.0 Å². The predicted molar refractivity (Wildman–Crippen MR) is 177 cm³/mol. The minimum absolute atomic E-state index is 0.0747. The van der Waals surface area contributed by atoms with Crippen LogP contribution in [-0.4, -0.2) is 64.5 Å². The van der Waals surface area contributed by atoms with E-state index in [0.717, 1.165) is 54.7 Å². The number of carbonyl (C=O) groups is 3. The number of unbranched alkanes of at least 4 members (excludes halogenated alkanes) is 1. The molecule has 1 aromatic carbocycles. The summed E-state index contributed by atoms with van der Waals surface area (Å²) in [5.74, 6) is -2.54. The number of aliphatic hydroxyl groups excluding tert-OH is 1. The van der Waals surface area contributed by atoms with Crippen LogP contribution in [0.5, 0.6) is 0 Å². The molecule has 2 aliphatic rings. The second-order valence-electron chi connectivity index (χ2n) is 12.7. The number of nitrogens with zero attached hydrogens (tertiary/aromatic N) is 3. The van der Waals surface area contributed by atoms with E-state index in [1.165, 1.54) is 12.3 Å². The van der Waals surface area contributed by atoms with Crippen LogP contribution in [0.2, 0.25) is 0 Å². The van der Waals surface area contributed by atoms with Gasteiger partial charge in [-0.2, -0.15) is 0 Å². The maximum absolute atomic E-state index is 14.8. The van der Waals surface area contributed by atoms with Crippen molar-refractivity contribution < 1.29 is 37.7 Å². The van der Waals surface area contributed by atoms with Crippen LogP contribution in [0.3, 0.4) is 0 Å². The van der Waals surface area contributed by atoms with Crippen molar-refractivity contribution in [2.75, 3.05) is 35.2 Å². The Morgan fingerprint density at radius 1 is 1.12 bits per heavy atom. The number of aromatic nitrogens is 2. The molecule has 3 amide bonds. The Bertz CT molecular complexity index is 1660. The van der Waals surface area contributed by atoms with Gasteiger partial charge in [0.15, 0.2) is 5.69 Å². The van der Waals surface area contributed by atoms with Crippen LogP contribution in [0, 0.1) is 11.6 Å². The largest absolute Gasteiger partial charge is 0.450 e. The van der Waals surface area contributed by atoms with Gasteiger partial charge in [-0.25, -0.2) is 23.4 Å². The number of piperidine rings is 1. The van der Waals surface area contributed by atoms with E-state index in [4.69, 9.17) is 9.47 Å². The molecule has 1 saturated heterocycles. The summed E-state index contributed by atoms with van der Waals surface area (Å²) in [7, 11) is 0. The predicted octanol–water partition coefficient (Wildman–Crippen LogP) is 6.56. The summed E-state index contributed by atoms with van der Waals surface area (Å²) in [5, 5.41) is 18.7. The molecule has 1 aliphatic heterocycles. The molecular weight excluding hydrogens is 646 g/mol. The number of fused-ring (bicyclic) bond motifs is 1. The van der Waals surface area contributed by atoms with E-state index in [1.807, 2.05) is 11.8 Å². The SMILES string of the molecule is CCCCOC(=O)N[C@H]1CCCN(c2c(NC(=O)c3nc(-c4c(F)cccc4F)sc3NC(=O)OC(C)(C)C)cnc3c2CCC3O)C1. The standard InChI is InChI=1S/C33H40F2N6O6S/c1-5-6-15-46-31(44)37-18-9-8-14-41(17-18)27-19-12-13-23(42)25(19)36-16-22(27)38-28(43)26-30(40-32(45)47-33(2,3)4)48-29(39-26)24-20(34)10-7-11-21(24)35/h7,10-11,16,18,23,42H,5-6,8-9,12-15,17H2,1-4H3,(H,37,44)(H,38,43)(H,40,45)/t18-,23?/m0/s1. The van der Waals surface area contributed by atoms with Crippen molar-refractivity contribution in [1.82, 2.24) is 15.3 Å². The van der Waals surface area contributed by atoms with Gasteiger partial charge in [-0.15, -0.1) is 0 Å². The van der Waals surface area contributed by atoms with E-state index >= 15 is 0 Å². The van der Waals surface area contributed by atoms with Crippen LogP contribution in [0.1, 0.15) is 87.6 Å². The Labute approximate surface area is 281 Å². The Hall–Kier alpha value is -4.37. The molecule has 0 bridgehead atoms. The smallest absolute Gasteiger partial charge is 0.412 e. The number of nitrogens with one attached hydrogen (secondary N) is 3. The van der Waals surface area contributed by atoms with E-state index in [-0.39, 0.29) is 21.7 Å². The summed E-state index contributed by atoms with van der Waals surface area (Å²) in [6, 6.07) is 3.13. The molecule has 2 atom stereocenters. The minimum atomic E-state index is -0.884. The zero-order chi connectivity index (χ0) is 34.6. The highest BCUT2D eigenvalue weighted by Crippen LogP contribution is 2.42. The maximum atomic E-state index is 14.8. The topological polar surface area (TPSA) is 155 Å². The van der Waals surface area contributed by atoms with Gasteiger partial charge in [-0.3, -0.25) is 15.1 Å². The molecule has 4 N–H and O–H groups in total. The number of rotatable bonds is 9. The lowest BCUT2D eigenvalue weighted by atomic mass is 10.0. The van der Waals surface area contributed by atoms with Crippen molar-refractivity contribution in [1.29, 1.82) is 0 Å². The van der Waals surface area contributed by atoms with Crippen LogP contribution in [0.15, 0.2) is 24.4 Å². The van der Waals surface area contributed by atoms with Gasteiger partial charge in [0.05, 0.1) is 41.5 Å². The fourth-order valence-corrected chi connectivity index (χ4v) is 6.72. The lowest BCUT2D eigenvalue weighted by molar-refractivity contribution is 0.0636. The molecule has 2 aromatic heterocycles. The summed E-state index contributed by atoms with van der Waals surface area (Å²) >= 11 is 0.725. The summed E-state index contributed by atoms with van der Waals surface area (Å²) in [5.41, 5.74) is 0.648. The quantitative estimate of drug-likeness (QED) is 0.183. The molecule has 1 fully saturated rings. The third-order valence-electron chi connectivity index (χ3n) is 7.84. The first-order valence-corrected chi connectivity index (χ1v) is 16.8. The Morgan fingerprint density at radius 2 is 1.88 bits per heavy atom. The van der Waals surface area contributed by atoms with Crippen LogP contribution in [0.25, 0.3) is 10.6 Å². The van der Waals surface area contributed by atoms with Crippen LogP contribution < -0.4 is 20.9 Å². The second-order valence-corrected chi connectivity index (χ2v) is 13.7. The third-order valence-corrected chi connectivity index (χ3v) is 8.83. The van der Waals surface area contributed by atoms with Crippen molar-refractivity contribution in [3.8, 4) is 10.6 Å². The Morgan fingerprint density at radius 3 is 2.58 bits per heavy atom. The van der Waals surface area contributed by atoms with E-state index in [1.54, 1.807) is 20.8 Å². The summed E-state index contributed by atoms with van der Waals surface area (Å²) in [6.45, 7) is 8.37. The first kappa shape index (κ1) is 35.0. The fraction of sp³-hybridized carbons (Fsp3) is 0.485. The number of benzene rings is 1. The number of hydrogen-bond donors (Lipinski definition) is 4. The van der Waals surface area contributed by atoms with Crippen LogP contribution in [0.4, 0.5) is 34.7 Å². The van der Waals surface area contributed by atoms with Crippen molar-refractivity contribution in [3.63, 3.8) is 0 Å². The first-order chi connectivity index (χ1) is 22.8. The van der Waals surface area contributed by atoms with Gasteiger partial charge in [0.2, 0.25) is 0 Å². The van der Waals surface area contributed by atoms with E-state index in [2.05, 4.69) is 25.9 Å². The zero-order valence-corrected chi connectivity index (χ0v) is 28.1. The lowest BCUT2D eigenvalue weighted by Crippen LogP contribution is -2.48. The van der Waals surface area contributed by atoms with Crippen molar-refractivity contribution in [2.24, 2.45) is 0 Å². The van der Waals surface area contributed by atoms with Gasteiger partial charge in [-0.1, -0.05) is 30.7 Å². The van der Waals surface area contributed by atoms with Crippen LogP contribution >= 0.6 is 11.3 Å². The number of carbonyl (C=O) groups excluding carboxylic acids is 3. The number of ether oxygens (including phenoxy) is 2. The number of aliphatic hydroxyl groups is 1. The number of anilines is 3. The molecule has 0 spiro atoms. The molecule has 15 heteroatoms. The minimum Gasteiger partial charge on any atom is -0.450 e. The van der Waals surface area contributed by atoms with Gasteiger partial charge < -0.3 is 30.1 Å². The van der Waals surface area contributed by atoms with E-state index in [9.17, 15) is 28.3 Å². The molecule has 12 nitrogen and oxygen atoms in total. The van der Waals surface area contributed by atoms with Gasteiger partial charge in [0, 0.05) is 24.7 Å². The average molecular weight is 687 g/mol. The Balaban J connectivity index is 1.47. The number of pyridine rings is 1. The number of halogens is 2. The highest BCUT2D eigenvalue weighted by molar-refractivity contribution is 7.19. The normalized spacial score (nSPS) is 17.4. The average Bonchev–Trinajstić information content (AvgIpc) is 3.59. The highest BCUT2D eigenvalue weighted by Gasteiger charge is 2.33. The number of alkyl carbamates (subject to hydrolysis) is 1. The van der Waals surface area contributed by atoms with Gasteiger partial charge >= 0.3 is 12.2 Å². The van der Waals surface area contributed by atoms with Crippen molar-refractivity contribution in [3.05, 3.63) is 53.0 Å². The second kappa shape index (κ2) is 14.8. The van der Waals surface area contributed by atoms with E-state index in [0.29, 0.717) is 49.6 Å². The molecule has 0 saturated carbocycles. The van der Waals surface area contributed by atoms with Crippen LogP contribution in [-0.2, 0) is 15.9 Å². The molecular formula is C33H40F2N6O6S. The van der Waals surface area contributed by atoms with Crippen molar-refractivity contribution >= 4 is 45.8 Å². The number of amides is 3. The molecule has 1 aliphatic carbocycles. The molecule has 0 radical (unpaired) electrons. The molecule has 258 valence electrons. The molecule has 3 heterocycles. The summed E-state index contributed by atoms with van der Waals surface area (Å²) in [4.78, 5) is 49.8. The lowest BCUT2D eigenvalue weighted by Gasteiger charge is -2.36. The van der Waals surface area contributed by atoms with E-state index < -0.39 is 47.0 Å². The van der Waals surface area contributed by atoms with Crippen molar-refractivity contribution in [2.45, 2.75) is 84.0 Å². The molecule has 1 unspecified atom stereocenters. The number of hydrogen-bond acceptors (Lipinski definition) is 10. The Kier molecular flexibility index (Phi) is 10.8. The molecule has 5 rings (SSSR count). The highest BCUT2D eigenvalue weighted by atomic mass is 32.1. The molecule has 48 heavy (non-hydrogen) atoms. The summed E-state index contributed by atoms with van der Waals surface area (Å²) in [6.07, 6.45) is 3.41. The summed E-state index contributed by atoms with van der Waals surface area (Å²) < 4.78 is 40.2. The fourth-order valence-electron chi connectivity index (χ4n) is 5.72. The van der Waals surface area contributed by atoms with Gasteiger partial charge in [0.25, 0.3) is 5.91 Å². The van der Waals surface area contributed by atoms with Gasteiger partial charge in [0.1, 0.15) is 27.2 Å². The first-order valence-electron chi connectivity index (χ1n) is 16.0. The third kappa shape index (κ3) is 8.19. The number of thiazole rings is 1. The monoisotopic (exact) mass is 686 g/mol.